The van der Waals surface area contributed by atoms with Gasteiger partial charge in [-0.25, -0.2) is 0 Å². The summed E-state index contributed by atoms with van der Waals surface area (Å²) in [5.74, 6) is -0.110. The van der Waals surface area contributed by atoms with Gasteiger partial charge in [0.2, 0.25) is 5.91 Å². The summed E-state index contributed by atoms with van der Waals surface area (Å²) in [6.45, 7) is 0. The molecule has 5 heteroatoms. The predicted octanol–water partition coefficient (Wildman–Crippen LogP) is 3.35. The molecule has 0 fully saturated rings. The average molecular weight is 419 g/mol. The van der Waals surface area contributed by atoms with E-state index in [0.29, 0.717) is 0 Å². The molecule has 0 spiro atoms. The molecule has 1 N–H and O–H groups in total. The number of anilines is 1. The van der Waals surface area contributed by atoms with Crippen molar-refractivity contribution in [2.75, 3.05) is 5.32 Å². The number of halogens is 3. The van der Waals surface area contributed by atoms with E-state index in [-0.39, 0.29) is 9.64 Å². The Bertz CT molecular complexity index is 300. The molecular formula is C8H6Br2INO. The van der Waals surface area contributed by atoms with Gasteiger partial charge in [-0.2, -0.15) is 0 Å². The third-order valence-corrected chi connectivity index (χ3v) is 2.86. The maximum absolute atomic E-state index is 11.2. The molecule has 13 heavy (non-hydrogen) atoms. The molecule has 1 aromatic rings. The van der Waals surface area contributed by atoms with Crippen LogP contribution in [0.4, 0.5) is 5.69 Å². The summed E-state index contributed by atoms with van der Waals surface area (Å²) >= 11 is 8.44. The molecule has 0 radical (unpaired) electrons. The second-order valence-electron chi connectivity index (χ2n) is 2.30. The number of hydrogen-bond acceptors (Lipinski definition) is 1. The van der Waals surface area contributed by atoms with Crippen LogP contribution in [0.15, 0.2) is 24.3 Å². The molecule has 0 aliphatic heterocycles. The highest BCUT2D eigenvalue weighted by Gasteiger charge is 2.09. The first-order chi connectivity index (χ1) is 6.09. The van der Waals surface area contributed by atoms with E-state index in [2.05, 4.69) is 59.8 Å². The highest BCUT2D eigenvalue weighted by molar-refractivity contribution is 14.1. The van der Waals surface area contributed by atoms with E-state index in [9.17, 15) is 4.79 Å². The zero-order chi connectivity index (χ0) is 9.84. The third kappa shape index (κ3) is 3.95. The van der Waals surface area contributed by atoms with E-state index < -0.39 is 0 Å². The molecule has 0 aliphatic rings. The molecule has 1 rings (SSSR count). The summed E-state index contributed by atoms with van der Waals surface area (Å²) in [7, 11) is 0. The van der Waals surface area contributed by atoms with Gasteiger partial charge in [0.25, 0.3) is 0 Å². The molecule has 70 valence electrons. The lowest BCUT2D eigenvalue weighted by molar-refractivity contribution is -0.114. The first-order valence-corrected chi connectivity index (χ1v) is 6.35. The maximum atomic E-state index is 11.2. The van der Waals surface area contributed by atoms with Crippen LogP contribution in [0.2, 0.25) is 0 Å². The van der Waals surface area contributed by atoms with Gasteiger partial charge in [0.15, 0.2) is 0 Å². The molecule has 0 unspecified atom stereocenters. The van der Waals surface area contributed by atoms with Crippen molar-refractivity contribution in [3.05, 3.63) is 27.8 Å². The molecule has 0 atom stereocenters. The van der Waals surface area contributed by atoms with Crippen molar-refractivity contribution in [1.82, 2.24) is 0 Å². The topological polar surface area (TPSA) is 29.1 Å². The Balaban J connectivity index is 2.65. The van der Waals surface area contributed by atoms with Crippen molar-refractivity contribution in [2.45, 2.75) is 3.74 Å². The van der Waals surface area contributed by atoms with Crippen molar-refractivity contribution in [2.24, 2.45) is 0 Å². The van der Waals surface area contributed by atoms with Crippen LogP contribution in [-0.2, 0) is 4.79 Å². The van der Waals surface area contributed by atoms with Gasteiger partial charge >= 0.3 is 0 Å². The predicted molar refractivity (Wildman–Crippen MR) is 69.4 cm³/mol. The molecular weight excluding hydrogens is 413 g/mol. The van der Waals surface area contributed by atoms with Gasteiger partial charge in [-0.05, 0) is 46.9 Å². The number of carbonyl (C=O) groups excluding carboxylic acids is 1. The number of benzene rings is 1. The van der Waals surface area contributed by atoms with Gasteiger partial charge in [-0.1, -0.05) is 31.9 Å². The second kappa shape index (κ2) is 5.31. The first kappa shape index (κ1) is 11.5. The van der Waals surface area contributed by atoms with E-state index in [1.54, 1.807) is 0 Å². The van der Waals surface area contributed by atoms with Crippen LogP contribution >= 0.6 is 54.5 Å². The van der Waals surface area contributed by atoms with Crippen LogP contribution in [0, 0.1) is 3.57 Å². The minimum atomic E-state index is -0.348. The maximum Gasteiger partial charge on any atom is 0.248 e. The Morgan fingerprint density at radius 1 is 1.31 bits per heavy atom. The Kier molecular flexibility index (Phi) is 4.68. The summed E-state index contributed by atoms with van der Waals surface area (Å²) in [6.07, 6.45) is 0. The van der Waals surface area contributed by atoms with Crippen LogP contribution in [0.25, 0.3) is 0 Å². The van der Waals surface area contributed by atoms with Gasteiger partial charge in [-0.15, -0.1) is 0 Å². The summed E-state index contributed by atoms with van der Waals surface area (Å²) in [6, 6.07) is 7.60. The Hall–Kier alpha value is 0.380. The van der Waals surface area contributed by atoms with Crippen molar-refractivity contribution < 1.29 is 4.79 Å². The Morgan fingerprint density at radius 3 is 2.31 bits per heavy atom. The number of amides is 1. The minimum absolute atomic E-state index is 0.110. The summed E-state index contributed by atoms with van der Waals surface area (Å²) in [5, 5.41) is 2.73. The smallest absolute Gasteiger partial charge is 0.248 e. The summed E-state index contributed by atoms with van der Waals surface area (Å²) in [4.78, 5) is 11.2. The Labute approximate surface area is 107 Å². The van der Waals surface area contributed by atoms with Gasteiger partial charge in [-0.3, -0.25) is 4.79 Å². The molecule has 0 aliphatic carbocycles. The van der Waals surface area contributed by atoms with Gasteiger partial charge in [0.1, 0.15) is 3.74 Å². The average Bonchev–Trinajstić information content (AvgIpc) is 2.08. The number of hydrogen-bond donors (Lipinski definition) is 1. The second-order valence-corrected chi connectivity index (χ2v) is 6.60. The highest BCUT2D eigenvalue weighted by atomic mass is 127. The van der Waals surface area contributed by atoms with Crippen molar-refractivity contribution >= 4 is 66.0 Å². The van der Waals surface area contributed by atoms with Crippen LogP contribution in [0.1, 0.15) is 0 Å². The normalized spacial score (nSPS) is 10.2. The van der Waals surface area contributed by atoms with Gasteiger partial charge < -0.3 is 5.32 Å². The molecule has 0 aromatic heterocycles. The number of nitrogens with one attached hydrogen (secondary N) is 1. The standard InChI is InChI=1S/C8H6Br2INO/c9-7(10)8(13)12-6-3-1-5(11)2-4-6/h1-4,7H,(H,12,13). The molecule has 0 heterocycles. The van der Waals surface area contributed by atoms with Crippen molar-refractivity contribution in [1.29, 1.82) is 0 Å². The molecule has 1 aromatic carbocycles. The SMILES string of the molecule is O=C(Nc1ccc(I)cc1)C(Br)Br. The fraction of sp³-hybridized carbons (Fsp3) is 0.125. The molecule has 0 saturated carbocycles. The molecule has 0 bridgehead atoms. The Morgan fingerprint density at radius 2 is 1.85 bits per heavy atom. The molecule has 0 saturated heterocycles. The van der Waals surface area contributed by atoms with E-state index in [4.69, 9.17) is 0 Å². The molecule has 2 nitrogen and oxygen atoms in total. The number of carbonyl (C=O) groups is 1. The molecule has 1 amide bonds. The summed E-state index contributed by atoms with van der Waals surface area (Å²) in [5.41, 5.74) is 0.800. The van der Waals surface area contributed by atoms with E-state index >= 15 is 0 Å². The van der Waals surface area contributed by atoms with Gasteiger partial charge in [0, 0.05) is 9.26 Å². The zero-order valence-corrected chi connectivity index (χ0v) is 11.8. The third-order valence-electron chi connectivity index (χ3n) is 1.31. The van der Waals surface area contributed by atoms with Crippen molar-refractivity contribution in [3.8, 4) is 0 Å². The lowest BCUT2D eigenvalue weighted by Crippen LogP contribution is -2.17. The monoisotopic (exact) mass is 417 g/mol. The van der Waals surface area contributed by atoms with Gasteiger partial charge in [0.05, 0.1) is 0 Å². The van der Waals surface area contributed by atoms with E-state index in [1.165, 1.54) is 0 Å². The largest absolute Gasteiger partial charge is 0.324 e. The number of rotatable bonds is 2. The quantitative estimate of drug-likeness (QED) is 0.579. The zero-order valence-electron chi connectivity index (χ0n) is 6.43. The first-order valence-electron chi connectivity index (χ1n) is 3.44. The lowest BCUT2D eigenvalue weighted by atomic mass is 10.3. The minimum Gasteiger partial charge on any atom is -0.324 e. The van der Waals surface area contributed by atoms with Crippen LogP contribution in [0.3, 0.4) is 0 Å². The fourth-order valence-corrected chi connectivity index (χ4v) is 1.32. The number of alkyl halides is 2. The van der Waals surface area contributed by atoms with Crippen LogP contribution in [-0.4, -0.2) is 9.64 Å². The van der Waals surface area contributed by atoms with E-state index in [0.717, 1.165) is 9.26 Å². The van der Waals surface area contributed by atoms with Crippen LogP contribution in [0.5, 0.6) is 0 Å². The highest BCUT2D eigenvalue weighted by Crippen LogP contribution is 2.14. The fourth-order valence-electron chi connectivity index (χ4n) is 0.730. The lowest BCUT2D eigenvalue weighted by Gasteiger charge is -2.05. The van der Waals surface area contributed by atoms with Crippen LogP contribution < -0.4 is 5.32 Å². The van der Waals surface area contributed by atoms with Crippen molar-refractivity contribution in [3.63, 3.8) is 0 Å². The van der Waals surface area contributed by atoms with E-state index in [1.807, 2.05) is 24.3 Å². The summed E-state index contributed by atoms with van der Waals surface area (Å²) < 4.78 is 0.795.